The zero-order valence-corrected chi connectivity index (χ0v) is 20.0. The first-order valence-corrected chi connectivity index (χ1v) is 12.5. The highest BCUT2D eigenvalue weighted by Gasteiger charge is 2.25. The van der Waals surface area contributed by atoms with Crippen LogP contribution < -0.4 is 23.8 Å². The molecule has 1 aliphatic heterocycles. The molecule has 0 radical (unpaired) electrons. The zero-order chi connectivity index (χ0) is 23.1. The Morgan fingerprint density at radius 1 is 1.12 bits per heavy atom. The van der Waals surface area contributed by atoms with Gasteiger partial charge in [-0.05, 0) is 37.6 Å². The molecular formula is C23H33N3O5S. The molecule has 1 N–H and O–H groups in total. The highest BCUT2D eigenvalue weighted by molar-refractivity contribution is 7.89. The first-order chi connectivity index (χ1) is 15.4. The maximum atomic E-state index is 12.5. The molecule has 3 rings (SSSR count). The van der Waals surface area contributed by atoms with Crippen molar-refractivity contribution in [2.45, 2.75) is 56.6 Å². The summed E-state index contributed by atoms with van der Waals surface area (Å²) in [7, 11) is -0.339. The van der Waals surface area contributed by atoms with E-state index < -0.39 is 10.0 Å². The lowest BCUT2D eigenvalue weighted by molar-refractivity contribution is 0.158. The van der Waals surface area contributed by atoms with Crippen LogP contribution in [-0.4, -0.2) is 52.9 Å². The van der Waals surface area contributed by atoms with Gasteiger partial charge in [0.05, 0.1) is 14.2 Å². The first-order valence-electron chi connectivity index (χ1n) is 11.0. The molecule has 0 saturated carbocycles. The minimum atomic E-state index is -3.56. The number of ether oxygens (including phenoxy) is 3. The van der Waals surface area contributed by atoms with Gasteiger partial charge in [-0.25, -0.2) is 18.1 Å². The van der Waals surface area contributed by atoms with Crippen molar-refractivity contribution >= 4 is 15.8 Å². The maximum Gasteiger partial charge on any atom is 0.242 e. The maximum absolute atomic E-state index is 12.5. The lowest BCUT2D eigenvalue weighted by atomic mass is 10.1. The number of methoxy groups -OCH3 is 2. The van der Waals surface area contributed by atoms with Crippen molar-refractivity contribution in [2.24, 2.45) is 0 Å². The smallest absolute Gasteiger partial charge is 0.242 e. The summed E-state index contributed by atoms with van der Waals surface area (Å²) in [4.78, 5) is 6.74. The van der Waals surface area contributed by atoms with E-state index in [1.54, 1.807) is 26.4 Å². The molecule has 0 bridgehead atoms. The summed E-state index contributed by atoms with van der Waals surface area (Å²) in [6.45, 7) is 5.41. The van der Waals surface area contributed by atoms with Crippen molar-refractivity contribution in [2.75, 3.05) is 32.2 Å². The number of nitrogens with zero attached hydrogens (tertiary/aromatic N) is 2. The van der Waals surface area contributed by atoms with Crippen molar-refractivity contribution in [1.29, 1.82) is 0 Å². The van der Waals surface area contributed by atoms with Crippen LogP contribution in [0.25, 0.3) is 0 Å². The molecule has 1 saturated heterocycles. The van der Waals surface area contributed by atoms with E-state index in [1.165, 1.54) is 6.20 Å². The van der Waals surface area contributed by atoms with E-state index in [0.717, 1.165) is 44.6 Å². The third-order valence-electron chi connectivity index (χ3n) is 5.54. The van der Waals surface area contributed by atoms with E-state index in [1.807, 2.05) is 32.0 Å². The number of piperidine rings is 1. The Balaban J connectivity index is 1.60. The SMILES string of the molecule is CCCC(C)NS(=O)(=O)c1ccc(N2CCC(Oc3c(OC)cccc3OC)CC2)nc1. The van der Waals surface area contributed by atoms with Gasteiger partial charge in [0.25, 0.3) is 0 Å². The fraction of sp³-hybridized carbons (Fsp3) is 0.522. The van der Waals surface area contributed by atoms with Crippen LogP contribution in [-0.2, 0) is 10.0 Å². The second-order valence-corrected chi connectivity index (χ2v) is 9.67. The van der Waals surface area contributed by atoms with Crippen molar-refractivity contribution < 1.29 is 22.6 Å². The van der Waals surface area contributed by atoms with Crippen molar-refractivity contribution in [3.63, 3.8) is 0 Å². The molecule has 0 amide bonds. The summed E-state index contributed by atoms with van der Waals surface area (Å²) in [5.41, 5.74) is 0. The molecule has 1 unspecified atom stereocenters. The van der Waals surface area contributed by atoms with E-state index in [2.05, 4.69) is 14.6 Å². The van der Waals surface area contributed by atoms with Crippen molar-refractivity contribution in [1.82, 2.24) is 9.71 Å². The van der Waals surface area contributed by atoms with Gasteiger partial charge in [0, 0.05) is 38.2 Å². The Bertz CT molecular complexity index is 951. The summed E-state index contributed by atoms with van der Waals surface area (Å²) in [5, 5.41) is 0. The summed E-state index contributed by atoms with van der Waals surface area (Å²) in [6, 6.07) is 8.84. The van der Waals surface area contributed by atoms with Crippen LogP contribution in [0, 0.1) is 0 Å². The summed E-state index contributed by atoms with van der Waals surface area (Å²) in [5.74, 6) is 2.67. The topological polar surface area (TPSA) is 90.0 Å². The second-order valence-electron chi connectivity index (χ2n) is 7.96. The van der Waals surface area contributed by atoms with Gasteiger partial charge in [0.2, 0.25) is 15.8 Å². The Kier molecular flexibility index (Phi) is 8.20. The number of para-hydroxylation sites is 1. The molecule has 2 aromatic rings. The zero-order valence-electron chi connectivity index (χ0n) is 19.2. The lowest BCUT2D eigenvalue weighted by Crippen LogP contribution is -2.38. The van der Waals surface area contributed by atoms with Crippen LogP contribution >= 0.6 is 0 Å². The van der Waals surface area contributed by atoms with E-state index >= 15 is 0 Å². The van der Waals surface area contributed by atoms with Gasteiger partial charge >= 0.3 is 0 Å². The van der Waals surface area contributed by atoms with E-state index in [-0.39, 0.29) is 17.0 Å². The predicted molar refractivity (Wildman–Crippen MR) is 124 cm³/mol. The molecule has 2 heterocycles. The number of benzene rings is 1. The molecule has 0 aliphatic carbocycles. The highest BCUT2D eigenvalue weighted by atomic mass is 32.2. The third kappa shape index (κ3) is 5.83. The summed E-state index contributed by atoms with van der Waals surface area (Å²) >= 11 is 0. The summed E-state index contributed by atoms with van der Waals surface area (Å²) in [6.07, 6.45) is 4.78. The van der Waals surface area contributed by atoms with E-state index in [4.69, 9.17) is 14.2 Å². The molecular weight excluding hydrogens is 430 g/mol. The molecule has 1 aromatic heterocycles. The van der Waals surface area contributed by atoms with Gasteiger partial charge in [-0.3, -0.25) is 0 Å². The van der Waals surface area contributed by atoms with Crippen LogP contribution in [0.5, 0.6) is 17.2 Å². The molecule has 0 spiro atoms. The van der Waals surface area contributed by atoms with Gasteiger partial charge in [-0.15, -0.1) is 0 Å². The van der Waals surface area contributed by atoms with Gasteiger partial charge < -0.3 is 19.1 Å². The second kappa shape index (κ2) is 10.9. The number of nitrogens with one attached hydrogen (secondary N) is 1. The number of sulfonamides is 1. The van der Waals surface area contributed by atoms with Crippen LogP contribution in [0.15, 0.2) is 41.4 Å². The molecule has 1 aromatic carbocycles. The quantitative estimate of drug-likeness (QED) is 0.576. The molecule has 176 valence electrons. The molecule has 1 aliphatic rings. The fourth-order valence-corrected chi connectivity index (χ4v) is 5.07. The Labute approximate surface area is 190 Å². The largest absolute Gasteiger partial charge is 0.493 e. The van der Waals surface area contributed by atoms with Gasteiger partial charge in [-0.1, -0.05) is 19.4 Å². The monoisotopic (exact) mass is 463 g/mol. The molecule has 1 atom stereocenters. The van der Waals surface area contributed by atoms with Crippen LogP contribution in [0.1, 0.15) is 39.5 Å². The average Bonchev–Trinajstić information content (AvgIpc) is 2.79. The van der Waals surface area contributed by atoms with E-state index in [0.29, 0.717) is 17.2 Å². The fourth-order valence-electron chi connectivity index (χ4n) is 3.85. The van der Waals surface area contributed by atoms with Gasteiger partial charge in [0.1, 0.15) is 16.8 Å². The molecule has 1 fully saturated rings. The number of hydrogen-bond donors (Lipinski definition) is 1. The Morgan fingerprint density at radius 3 is 2.31 bits per heavy atom. The normalized spacial score (nSPS) is 15.9. The van der Waals surface area contributed by atoms with Crippen LogP contribution in [0.4, 0.5) is 5.82 Å². The number of hydrogen-bond acceptors (Lipinski definition) is 7. The molecule has 32 heavy (non-hydrogen) atoms. The number of rotatable bonds is 10. The van der Waals surface area contributed by atoms with E-state index in [9.17, 15) is 8.42 Å². The molecule has 9 heteroatoms. The van der Waals surface area contributed by atoms with Gasteiger partial charge in [-0.2, -0.15) is 0 Å². The van der Waals surface area contributed by atoms with Crippen LogP contribution in [0.3, 0.4) is 0 Å². The third-order valence-corrected chi connectivity index (χ3v) is 7.12. The number of pyridine rings is 1. The standard InChI is InChI=1S/C23H33N3O5S/c1-5-7-17(2)25-32(27,28)19-10-11-22(24-16-19)26-14-12-18(13-15-26)31-23-20(29-3)8-6-9-21(23)30-4/h6,8-11,16-18,25H,5,7,12-15H2,1-4H3. The summed E-state index contributed by atoms with van der Waals surface area (Å²) < 4.78 is 44.8. The number of aromatic nitrogens is 1. The lowest BCUT2D eigenvalue weighted by Gasteiger charge is -2.33. The number of anilines is 1. The first kappa shape index (κ1) is 24.1. The predicted octanol–water partition coefficient (Wildman–Crippen LogP) is 3.61. The minimum absolute atomic E-state index is 0.0281. The minimum Gasteiger partial charge on any atom is -0.493 e. The van der Waals surface area contributed by atoms with Crippen LogP contribution in [0.2, 0.25) is 0 Å². The van der Waals surface area contributed by atoms with Crippen molar-refractivity contribution in [3.8, 4) is 17.2 Å². The average molecular weight is 464 g/mol. The van der Waals surface area contributed by atoms with Crippen molar-refractivity contribution in [3.05, 3.63) is 36.5 Å². The van der Waals surface area contributed by atoms with Gasteiger partial charge in [0.15, 0.2) is 11.5 Å². The Morgan fingerprint density at radius 2 is 1.78 bits per heavy atom. The molecule has 8 nitrogen and oxygen atoms in total. The highest BCUT2D eigenvalue weighted by Crippen LogP contribution is 2.38. The Hall–Kier alpha value is -2.52.